The Bertz CT molecular complexity index is 721. The van der Waals surface area contributed by atoms with Crippen molar-refractivity contribution in [1.29, 1.82) is 0 Å². The number of ether oxygens (including phenoxy) is 1. The SMILES string of the molecule is O=C(CCSCc1ccccc1)N1CCC2C(C1)OCc1cnnn12. The highest BCUT2D eigenvalue weighted by atomic mass is 32.2. The molecule has 2 aliphatic heterocycles. The minimum absolute atomic E-state index is 0.0314. The van der Waals surface area contributed by atoms with Gasteiger partial charge in [-0.1, -0.05) is 35.5 Å². The molecule has 0 spiro atoms. The van der Waals surface area contributed by atoms with Crippen molar-refractivity contribution in [2.24, 2.45) is 0 Å². The molecule has 1 aromatic heterocycles. The number of carbonyl (C=O) groups excluding carboxylic acids is 1. The lowest BCUT2D eigenvalue weighted by molar-refractivity contribution is -0.139. The first-order valence-corrected chi connectivity index (χ1v) is 9.87. The second-order valence-electron chi connectivity index (χ2n) is 6.50. The predicted molar refractivity (Wildman–Crippen MR) is 96.1 cm³/mol. The Morgan fingerprint density at radius 3 is 3.08 bits per heavy atom. The third kappa shape index (κ3) is 3.72. The third-order valence-electron chi connectivity index (χ3n) is 4.86. The zero-order valence-electron chi connectivity index (χ0n) is 14.1. The molecule has 0 radical (unpaired) electrons. The summed E-state index contributed by atoms with van der Waals surface area (Å²) in [6.07, 6.45) is 3.26. The zero-order chi connectivity index (χ0) is 17.1. The van der Waals surface area contributed by atoms with Gasteiger partial charge >= 0.3 is 0 Å². The molecule has 4 rings (SSSR count). The molecular formula is C18H22N4O2S. The molecule has 1 amide bonds. The van der Waals surface area contributed by atoms with Crippen LogP contribution in [0.25, 0.3) is 0 Å². The highest BCUT2D eigenvalue weighted by molar-refractivity contribution is 7.98. The molecule has 1 fully saturated rings. The van der Waals surface area contributed by atoms with Gasteiger partial charge in [-0.3, -0.25) is 4.79 Å². The summed E-state index contributed by atoms with van der Waals surface area (Å²) >= 11 is 1.81. The number of carbonyl (C=O) groups is 1. The smallest absolute Gasteiger partial charge is 0.223 e. The lowest BCUT2D eigenvalue weighted by Gasteiger charge is -2.41. The van der Waals surface area contributed by atoms with E-state index in [1.165, 1.54) is 5.56 Å². The number of benzene rings is 1. The van der Waals surface area contributed by atoms with Crippen LogP contribution in [-0.4, -0.2) is 50.7 Å². The second-order valence-corrected chi connectivity index (χ2v) is 7.61. The molecule has 2 unspecified atom stereocenters. The fourth-order valence-electron chi connectivity index (χ4n) is 3.50. The summed E-state index contributed by atoms with van der Waals surface area (Å²) in [6, 6.07) is 10.6. The number of rotatable bonds is 5. The maximum atomic E-state index is 12.5. The van der Waals surface area contributed by atoms with Crippen molar-refractivity contribution in [2.75, 3.05) is 18.8 Å². The van der Waals surface area contributed by atoms with Crippen molar-refractivity contribution in [3.63, 3.8) is 0 Å². The van der Waals surface area contributed by atoms with E-state index in [0.717, 1.165) is 30.2 Å². The van der Waals surface area contributed by atoms with Gasteiger partial charge in [-0.2, -0.15) is 11.8 Å². The normalized spacial score (nSPS) is 22.3. The number of hydrogen-bond donors (Lipinski definition) is 0. The zero-order valence-corrected chi connectivity index (χ0v) is 14.9. The Balaban J connectivity index is 1.24. The summed E-state index contributed by atoms with van der Waals surface area (Å²) in [5.41, 5.74) is 2.33. The minimum Gasteiger partial charge on any atom is -0.368 e. The Kier molecular flexibility index (Phi) is 5.03. The van der Waals surface area contributed by atoms with Crippen LogP contribution in [0.5, 0.6) is 0 Å². The van der Waals surface area contributed by atoms with E-state index >= 15 is 0 Å². The molecule has 2 atom stereocenters. The van der Waals surface area contributed by atoms with Crippen molar-refractivity contribution in [3.8, 4) is 0 Å². The van der Waals surface area contributed by atoms with Gasteiger partial charge in [0.1, 0.15) is 0 Å². The van der Waals surface area contributed by atoms with E-state index in [9.17, 15) is 4.79 Å². The van der Waals surface area contributed by atoms with Crippen molar-refractivity contribution < 1.29 is 9.53 Å². The molecule has 7 heteroatoms. The Morgan fingerprint density at radius 1 is 1.32 bits per heavy atom. The summed E-state index contributed by atoms with van der Waals surface area (Å²) in [5, 5.41) is 8.15. The van der Waals surface area contributed by atoms with Gasteiger partial charge in [0, 0.05) is 31.0 Å². The van der Waals surface area contributed by atoms with E-state index in [2.05, 4.69) is 34.6 Å². The van der Waals surface area contributed by atoms with E-state index in [4.69, 9.17) is 4.74 Å². The first kappa shape index (κ1) is 16.6. The van der Waals surface area contributed by atoms with Crippen LogP contribution in [0, 0.1) is 0 Å². The van der Waals surface area contributed by atoms with E-state index < -0.39 is 0 Å². The van der Waals surface area contributed by atoms with Crippen LogP contribution in [0.15, 0.2) is 36.5 Å². The molecule has 0 saturated carbocycles. The summed E-state index contributed by atoms with van der Waals surface area (Å²) < 4.78 is 7.91. The average Bonchev–Trinajstić information content (AvgIpc) is 3.14. The molecule has 132 valence electrons. The van der Waals surface area contributed by atoms with Crippen LogP contribution in [0.3, 0.4) is 0 Å². The molecule has 0 aliphatic carbocycles. The number of hydrogen-bond acceptors (Lipinski definition) is 5. The summed E-state index contributed by atoms with van der Waals surface area (Å²) in [4.78, 5) is 14.5. The lowest BCUT2D eigenvalue weighted by Crippen LogP contribution is -2.50. The van der Waals surface area contributed by atoms with Gasteiger partial charge in [0.05, 0.1) is 30.6 Å². The first-order chi connectivity index (χ1) is 12.3. The molecule has 3 heterocycles. The highest BCUT2D eigenvalue weighted by Gasteiger charge is 2.37. The molecule has 6 nitrogen and oxygen atoms in total. The fraction of sp³-hybridized carbons (Fsp3) is 0.500. The van der Waals surface area contributed by atoms with Crippen molar-refractivity contribution in [1.82, 2.24) is 19.9 Å². The molecule has 25 heavy (non-hydrogen) atoms. The van der Waals surface area contributed by atoms with Crippen molar-refractivity contribution in [2.45, 2.75) is 37.3 Å². The Labute approximate surface area is 151 Å². The monoisotopic (exact) mass is 358 g/mol. The minimum atomic E-state index is 0.0314. The van der Waals surface area contributed by atoms with Gasteiger partial charge in [-0.05, 0) is 12.0 Å². The maximum Gasteiger partial charge on any atom is 0.223 e. The van der Waals surface area contributed by atoms with Crippen LogP contribution >= 0.6 is 11.8 Å². The number of thioether (sulfide) groups is 1. The van der Waals surface area contributed by atoms with Crippen LogP contribution in [0.4, 0.5) is 0 Å². The second kappa shape index (κ2) is 7.58. The van der Waals surface area contributed by atoms with Crippen LogP contribution in [0.1, 0.15) is 30.1 Å². The molecule has 0 N–H and O–H groups in total. The predicted octanol–water partition coefficient (Wildman–Crippen LogP) is 2.27. The topological polar surface area (TPSA) is 60.3 Å². The average molecular weight is 358 g/mol. The largest absolute Gasteiger partial charge is 0.368 e. The molecular weight excluding hydrogens is 336 g/mol. The van der Waals surface area contributed by atoms with Gasteiger partial charge in [0.25, 0.3) is 0 Å². The number of aromatic nitrogens is 3. The van der Waals surface area contributed by atoms with E-state index in [0.29, 0.717) is 19.6 Å². The van der Waals surface area contributed by atoms with Crippen LogP contribution in [-0.2, 0) is 21.9 Å². The third-order valence-corrected chi connectivity index (χ3v) is 5.89. The van der Waals surface area contributed by atoms with Crippen molar-refractivity contribution in [3.05, 3.63) is 47.8 Å². The van der Waals surface area contributed by atoms with Crippen LogP contribution in [0.2, 0.25) is 0 Å². The Hall–Kier alpha value is -1.86. The van der Waals surface area contributed by atoms with Crippen LogP contribution < -0.4 is 0 Å². The fourth-order valence-corrected chi connectivity index (χ4v) is 4.39. The number of likely N-dealkylation sites (tertiary alicyclic amines) is 1. The standard InChI is InChI=1S/C18H22N4O2S/c23-18(7-9-25-13-14-4-2-1-3-5-14)21-8-6-16-17(11-21)24-12-15-10-19-20-22(15)16/h1-5,10,16-17H,6-9,11-13H2. The van der Waals surface area contributed by atoms with E-state index in [1.54, 1.807) is 6.20 Å². The van der Waals surface area contributed by atoms with Gasteiger partial charge in [-0.25, -0.2) is 4.68 Å². The van der Waals surface area contributed by atoms with E-state index in [1.807, 2.05) is 27.4 Å². The summed E-state index contributed by atoms with van der Waals surface area (Å²) in [7, 11) is 0. The van der Waals surface area contributed by atoms with Gasteiger partial charge in [0.15, 0.2) is 0 Å². The molecule has 1 saturated heterocycles. The quantitative estimate of drug-likeness (QED) is 0.768. The number of amides is 1. The first-order valence-electron chi connectivity index (χ1n) is 8.71. The van der Waals surface area contributed by atoms with Gasteiger partial charge in [-0.15, -0.1) is 5.10 Å². The van der Waals surface area contributed by atoms with Gasteiger partial charge < -0.3 is 9.64 Å². The maximum absolute atomic E-state index is 12.5. The van der Waals surface area contributed by atoms with Gasteiger partial charge in [0.2, 0.25) is 5.91 Å². The summed E-state index contributed by atoms with van der Waals surface area (Å²) in [5.74, 6) is 2.04. The molecule has 1 aromatic carbocycles. The molecule has 2 aromatic rings. The molecule has 0 bridgehead atoms. The number of piperidine rings is 1. The molecule has 2 aliphatic rings. The van der Waals surface area contributed by atoms with E-state index in [-0.39, 0.29) is 18.1 Å². The highest BCUT2D eigenvalue weighted by Crippen LogP contribution is 2.30. The lowest BCUT2D eigenvalue weighted by atomic mass is 10.00. The summed E-state index contributed by atoms with van der Waals surface area (Å²) in [6.45, 7) is 1.96. The Morgan fingerprint density at radius 2 is 2.20 bits per heavy atom. The van der Waals surface area contributed by atoms with Crippen molar-refractivity contribution >= 4 is 17.7 Å². The number of nitrogens with zero attached hydrogens (tertiary/aromatic N) is 4. The number of fused-ring (bicyclic) bond motifs is 3.